The molecule has 0 heterocycles. The van der Waals surface area contributed by atoms with E-state index >= 15 is 0 Å². The lowest BCUT2D eigenvalue weighted by molar-refractivity contribution is 0.281. The van der Waals surface area contributed by atoms with Gasteiger partial charge < -0.3 is 4.52 Å². The summed E-state index contributed by atoms with van der Waals surface area (Å²) in [5, 5.41) is 0. The fourth-order valence-corrected chi connectivity index (χ4v) is 0.707. The van der Waals surface area contributed by atoms with E-state index in [1.807, 2.05) is 20.5 Å². The molecule has 38 valence electrons. The largest absolute Gasteiger partial charge is 0.360 e. The molecule has 0 fully saturated rings. The van der Waals surface area contributed by atoms with Crippen LogP contribution in [0.25, 0.3) is 0 Å². The molecule has 0 amide bonds. The van der Waals surface area contributed by atoms with Crippen LogP contribution in [-0.4, -0.2) is 12.8 Å². The molecule has 1 unspecified atom stereocenters. The zero-order valence-corrected chi connectivity index (χ0v) is 5.49. The molecule has 0 saturated carbocycles. The van der Waals surface area contributed by atoms with Gasteiger partial charge in [0.05, 0.1) is 6.10 Å². The van der Waals surface area contributed by atoms with Crippen molar-refractivity contribution in [1.29, 1.82) is 0 Å². The maximum Gasteiger partial charge on any atom is 0.0557 e. The van der Waals surface area contributed by atoms with E-state index in [0.717, 1.165) is 0 Å². The molecule has 2 heteroatoms. The summed E-state index contributed by atoms with van der Waals surface area (Å²) in [4.78, 5) is 0. The van der Waals surface area contributed by atoms with Crippen LogP contribution in [0.4, 0.5) is 0 Å². The fraction of sp³-hybridized carbons (Fsp3) is 1.00. The molecule has 0 spiro atoms. The molecule has 1 nitrogen and oxygen atoms in total. The van der Waals surface area contributed by atoms with Crippen molar-refractivity contribution in [2.75, 3.05) is 6.66 Å². The normalized spacial score (nSPS) is 12.0. The average molecular weight is 106 g/mol. The first kappa shape index (κ1) is 6.39. The summed E-state index contributed by atoms with van der Waals surface area (Å²) < 4.78 is 5.07. The van der Waals surface area contributed by atoms with Crippen LogP contribution in [-0.2, 0) is 4.52 Å². The Morgan fingerprint density at radius 3 is 2.00 bits per heavy atom. The molecular formula is C4H11OP. The lowest BCUT2D eigenvalue weighted by atomic mass is 10.5. The summed E-state index contributed by atoms with van der Waals surface area (Å²) in [7, 11) is 0.638. The Morgan fingerprint density at radius 2 is 2.00 bits per heavy atom. The minimum Gasteiger partial charge on any atom is -0.360 e. The summed E-state index contributed by atoms with van der Waals surface area (Å²) in [5.74, 6) is 0. The molecule has 0 bridgehead atoms. The second kappa shape index (κ2) is 3.58. The van der Waals surface area contributed by atoms with Crippen LogP contribution >= 0.6 is 8.81 Å². The average Bonchev–Trinajstić information content (AvgIpc) is 1.35. The van der Waals surface area contributed by atoms with Crippen molar-refractivity contribution in [3.63, 3.8) is 0 Å². The molecule has 0 saturated heterocycles. The van der Waals surface area contributed by atoms with E-state index in [1.54, 1.807) is 0 Å². The molecule has 0 aliphatic rings. The van der Waals surface area contributed by atoms with Crippen LogP contribution in [0.2, 0.25) is 0 Å². The van der Waals surface area contributed by atoms with E-state index in [1.165, 1.54) is 0 Å². The van der Waals surface area contributed by atoms with Crippen molar-refractivity contribution in [2.45, 2.75) is 20.0 Å². The predicted molar refractivity (Wildman–Crippen MR) is 30.5 cm³/mol. The lowest BCUT2D eigenvalue weighted by Gasteiger charge is -2.00. The van der Waals surface area contributed by atoms with Crippen LogP contribution in [0, 0.1) is 0 Å². The van der Waals surface area contributed by atoms with E-state index in [0.29, 0.717) is 14.9 Å². The molecule has 1 atom stereocenters. The zero-order chi connectivity index (χ0) is 4.99. The maximum atomic E-state index is 5.07. The van der Waals surface area contributed by atoms with Crippen molar-refractivity contribution < 1.29 is 4.52 Å². The van der Waals surface area contributed by atoms with Gasteiger partial charge in [0.15, 0.2) is 0 Å². The van der Waals surface area contributed by atoms with Gasteiger partial charge in [-0.1, -0.05) is 0 Å². The third-order valence-electron chi connectivity index (χ3n) is 0.354. The summed E-state index contributed by atoms with van der Waals surface area (Å²) in [6.45, 7) is 6.10. The summed E-state index contributed by atoms with van der Waals surface area (Å²) in [5.41, 5.74) is 0. The van der Waals surface area contributed by atoms with Crippen LogP contribution in [0.3, 0.4) is 0 Å². The lowest BCUT2D eigenvalue weighted by Crippen LogP contribution is -1.90. The van der Waals surface area contributed by atoms with E-state index in [2.05, 4.69) is 0 Å². The third-order valence-corrected chi connectivity index (χ3v) is 1.06. The Labute approximate surface area is 40.9 Å². The third kappa shape index (κ3) is 4.39. The monoisotopic (exact) mass is 106 g/mol. The number of rotatable bonds is 2. The van der Waals surface area contributed by atoms with E-state index < -0.39 is 0 Å². The Hall–Kier alpha value is 0.390. The van der Waals surface area contributed by atoms with Crippen molar-refractivity contribution >= 4 is 8.81 Å². The Kier molecular flexibility index (Phi) is 3.81. The van der Waals surface area contributed by atoms with Gasteiger partial charge in [-0.3, -0.25) is 0 Å². The Bertz CT molecular complexity index is 28.7. The van der Waals surface area contributed by atoms with Gasteiger partial charge in [-0.05, 0) is 20.5 Å². The fourth-order valence-electron chi connectivity index (χ4n) is 0.236. The Balaban J connectivity index is 2.63. The van der Waals surface area contributed by atoms with Crippen molar-refractivity contribution in [3.8, 4) is 0 Å². The molecule has 0 aromatic carbocycles. The highest BCUT2D eigenvalue weighted by Crippen LogP contribution is 2.07. The molecule has 0 aliphatic carbocycles. The van der Waals surface area contributed by atoms with Gasteiger partial charge in [0.2, 0.25) is 0 Å². The number of hydrogen-bond donors (Lipinski definition) is 0. The maximum absolute atomic E-state index is 5.07. The summed E-state index contributed by atoms with van der Waals surface area (Å²) in [6, 6.07) is 0. The topological polar surface area (TPSA) is 9.23 Å². The molecule has 0 aromatic heterocycles. The van der Waals surface area contributed by atoms with Crippen molar-refractivity contribution in [2.24, 2.45) is 0 Å². The van der Waals surface area contributed by atoms with Gasteiger partial charge in [-0.2, -0.15) is 0 Å². The van der Waals surface area contributed by atoms with Crippen LogP contribution in [0.15, 0.2) is 0 Å². The van der Waals surface area contributed by atoms with E-state index in [-0.39, 0.29) is 0 Å². The highest BCUT2D eigenvalue weighted by Gasteiger charge is 1.84. The van der Waals surface area contributed by atoms with E-state index in [9.17, 15) is 0 Å². The Morgan fingerprint density at radius 1 is 1.50 bits per heavy atom. The SMILES string of the molecule is CPOC(C)C. The van der Waals surface area contributed by atoms with E-state index in [4.69, 9.17) is 4.52 Å². The highest BCUT2D eigenvalue weighted by molar-refractivity contribution is 7.31. The first-order chi connectivity index (χ1) is 2.77. The number of hydrogen-bond acceptors (Lipinski definition) is 1. The standard InChI is InChI=1S/C4H11OP/c1-4(2)5-6-3/h4,6H,1-3H3. The van der Waals surface area contributed by atoms with Crippen LogP contribution in [0.1, 0.15) is 13.8 Å². The molecule has 0 radical (unpaired) electrons. The van der Waals surface area contributed by atoms with Gasteiger partial charge in [0, 0.05) is 8.81 Å². The first-order valence-electron chi connectivity index (χ1n) is 2.09. The highest BCUT2D eigenvalue weighted by atomic mass is 31.1. The van der Waals surface area contributed by atoms with Crippen molar-refractivity contribution in [3.05, 3.63) is 0 Å². The first-order valence-corrected chi connectivity index (χ1v) is 3.50. The molecule has 0 aliphatic heterocycles. The summed E-state index contributed by atoms with van der Waals surface area (Å²) >= 11 is 0. The van der Waals surface area contributed by atoms with Gasteiger partial charge in [0.25, 0.3) is 0 Å². The quantitative estimate of drug-likeness (QED) is 0.486. The second-order valence-corrected chi connectivity index (χ2v) is 2.01. The minimum atomic E-state index is 0.410. The molecule has 6 heavy (non-hydrogen) atoms. The summed E-state index contributed by atoms with van der Waals surface area (Å²) in [6.07, 6.45) is 0.410. The van der Waals surface area contributed by atoms with Gasteiger partial charge in [-0.25, -0.2) is 0 Å². The second-order valence-electron chi connectivity index (χ2n) is 1.37. The van der Waals surface area contributed by atoms with Gasteiger partial charge in [0.1, 0.15) is 0 Å². The van der Waals surface area contributed by atoms with Gasteiger partial charge >= 0.3 is 0 Å². The molecule has 0 rings (SSSR count). The van der Waals surface area contributed by atoms with Crippen LogP contribution in [0.5, 0.6) is 0 Å². The molecule has 0 aromatic rings. The zero-order valence-electron chi connectivity index (χ0n) is 4.49. The van der Waals surface area contributed by atoms with Crippen molar-refractivity contribution in [1.82, 2.24) is 0 Å². The van der Waals surface area contributed by atoms with Crippen LogP contribution < -0.4 is 0 Å². The molecular weight excluding hydrogens is 95.0 g/mol. The minimum absolute atomic E-state index is 0.410. The predicted octanol–water partition coefficient (Wildman–Crippen LogP) is 1.63. The van der Waals surface area contributed by atoms with Gasteiger partial charge in [-0.15, -0.1) is 0 Å². The molecule has 0 N–H and O–H groups in total. The smallest absolute Gasteiger partial charge is 0.0557 e.